The number of hydrogen-bond acceptors (Lipinski definition) is 3. The van der Waals surface area contributed by atoms with Gasteiger partial charge in [0, 0.05) is 45.8 Å². The standard InChI is InChI=1S/C19H36N4O/c1-20-19(21-10-5-8-17-6-3-2-4-7-17)23-11-9-18(16-23)22-12-14-24-15-13-22/h17-18H,2-16H2,1H3,(H,20,21). The molecule has 0 aromatic rings. The molecule has 2 aliphatic heterocycles. The molecule has 5 heteroatoms. The summed E-state index contributed by atoms with van der Waals surface area (Å²) in [4.78, 5) is 9.56. The Balaban J connectivity index is 1.35. The van der Waals surface area contributed by atoms with Gasteiger partial charge in [0.2, 0.25) is 0 Å². The van der Waals surface area contributed by atoms with Crippen LogP contribution in [0, 0.1) is 5.92 Å². The molecule has 3 fully saturated rings. The Morgan fingerprint density at radius 3 is 2.62 bits per heavy atom. The summed E-state index contributed by atoms with van der Waals surface area (Å²) in [5.74, 6) is 2.09. The van der Waals surface area contributed by atoms with Gasteiger partial charge < -0.3 is 15.0 Å². The highest BCUT2D eigenvalue weighted by molar-refractivity contribution is 5.80. The summed E-state index contributed by atoms with van der Waals surface area (Å²) in [5.41, 5.74) is 0. The van der Waals surface area contributed by atoms with Crippen molar-refractivity contribution in [3.05, 3.63) is 0 Å². The first-order chi connectivity index (χ1) is 11.9. The van der Waals surface area contributed by atoms with E-state index in [-0.39, 0.29) is 0 Å². The van der Waals surface area contributed by atoms with Gasteiger partial charge in [-0.15, -0.1) is 0 Å². The zero-order valence-electron chi connectivity index (χ0n) is 15.5. The highest BCUT2D eigenvalue weighted by Gasteiger charge is 2.30. The Bertz CT molecular complexity index is 389. The van der Waals surface area contributed by atoms with Crippen LogP contribution in [0.5, 0.6) is 0 Å². The number of nitrogens with zero attached hydrogens (tertiary/aromatic N) is 3. The van der Waals surface area contributed by atoms with E-state index < -0.39 is 0 Å². The summed E-state index contributed by atoms with van der Waals surface area (Å²) in [7, 11) is 1.92. The molecule has 2 saturated heterocycles. The Morgan fingerprint density at radius 1 is 1.08 bits per heavy atom. The van der Waals surface area contributed by atoms with Gasteiger partial charge in [-0.3, -0.25) is 9.89 Å². The fourth-order valence-corrected chi connectivity index (χ4v) is 4.57. The predicted molar refractivity (Wildman–Crippen MR) is 99.5 cm³/mol. The lowest BCUT2D eigenvalue weighted by molar-refractivity contribution is 0.0195. The third kappa shape index (κ3) is 5.09. The number of nitrogens with one attached hydrogen (secondary N) is 1. The lowest BCUT2D eigenvalue weighted by Gasteiger charge is -2.32. The number of hydrogen-bond donors (Lipinski definition) is 1. The summed E-state index contributed by atoms with van der Waals surface area (Å²) in [6.45, 7) is 7.28. The molecule has 3 aliphatic rings. The van der Waals surface area contributed by atoms with Gasteiger partial charge in [-0.25, -0.2) is 0 Å². The predicted octanol–water partition coefficient (Wildman–Crippen LogP) is 2.33. The molecule has 2 heterocycles. The van der Waals surface area contributed by atoms with Gasteiger partial charge in [-0.1, -0.05) is 32.1 Å². The zero-order valence-corrected chi connectivity index (χ0v) is 15.5. The highest BCUT2D eigenvalue weighted by atomic mass is 16.5. The molecule has 138 valence electrons. The average molecular weight is 337 g/mol. The van der Waals surface area contributed by atoms with Crippen molar-refractivity contribution in [2.24, 2.45) is 10.9 Å². The topological polar surface area (TPSA) is 40.1 Å². The van der Waals surface area contributed by atoms with Gasteiger partial charge in [-0.2, -0.15) is 0 Å². The number of likely N-dealkylation sites (tertiary alicyclic amines) is 1. The maximum absolute atomic E-state index is 5.48. The van der Waals surface area contributed by atoms with Crippen molar-refractivity contribution in [2.45, 2.75) is 57.4 Å². The van der Waals surface area contributed by atoms with Crippen molar-refractivity contribution in [1.29, 1.82) is 0 Å². The first-order valence-corrected chi connectivity index (χ1v) is 10.1. The van der Waals surface area contributed by atoms with Crippen molar-refractivity contribution in [3.63, 3.8) is 0 Å². The van der Waals surface area contributed by atoms with Crippen LogP contribution >= 0.6 is 0 Å². The van der Waals surface area contributed by atoms with Crippen molar-refractivity contribution in [3.8, 4) is 0 Å². The average Bonchev–Trinajstić information content (AvgIpc) is 3.13. The molecule has 1 atom stereocenters. The molecular formula is C19H36N4O. The molecule has 24 heavy (non-hydrogen) atoms. The van der Waals surface area contributed by atoms with Gasteiger partial charge in [-0.05, 0) is 25.2 Å². The molecule has 0 aromatic heterocycles. The monoisotopic (exact) mass is 336 g/mol. The van der Waals surface area contributed by atoms with Gasteiger partial charge in [0.15, 0.2) is 5.96 Å². The van der Waals surface area contributed by atoms with E-state index in [1.165, 1.54) is 51.4 Å². The number of guanidine groups is 1. The van der Waals surface area contributed by atoms with Gasteiger partial charge in [0.05, 0.1) is 13.2 Å². The summed E-state index contributed by atoms with van der Waals surface area (Å²) in [6, 6.07) is 0.676. The van der Waals surface area contributed by atoms with Crippen LogP contribution in [0.2, 0.25) is 0 Å². The molecule has 5 nitrogen and oxygen atoms in total. The first-order valence-electron chi connectivity index (χ1n) is 10.1. The maximum atomic E-state index is 5.48. The zero-order chi connectivity index (χ0) is 16.6. The lowest BCUT2D eigenvalue weighted by atomic mass is 9.86. The van der Waals surface area contributed by atoms with Gasteiger partial charge in [0.1, 0.15) is 0 Å². The number of ether oxygens (including phenoxy) is 1. The van der Waals surface area contributed by atoms with Crippen LogP contribution in [0.3, 0.4) is 0 Å². The number of aliphatic imine (C=N–C) groups is 1. The van der Waals surface area contributed by atoms with E-state index in [9.17, 15) is 0 Å². The molecule has 0 spiro atoms. The Morgan fingerprint density at radius 2 is 1.88 bits per heavy atom. The van der Waals surface area contributed by atoms with Crippen LogP contribution in [0.1, 0.15) is 51.4 Å². The number of rotatable bonds is 5. The van der Waals surface area contributed by atoms with Crippen molar-refractivity contribution in [1.82, 2.24) is 15.1 Å². The van der Waals surface area contributed by atoms with E-state index in [2.05, 4.69) is 20.1 Å². The molecule has 1 saturated carbocycles. The van der Waals surface area contributed by atoms with Crippen molar-refractivity contribution < 1.29 is 4.74 Å². The molecule has 3 rings (SSSR count). The van der Waals surface area contributed by atoms with Crippen LogP contribution < -0.4 is 5.32 Å². The molecular weight excluding hydrogens is 300 g/mol. The van der Waals surface area contributed by atoms with E-state index in [4.69, 9.17) is 4.74 Å². The fourth-order valence-electron chi connectivity index (χ4n) is 4.57. The minimum atomic E-state index is 0.676. The molecule has 0 radical (unpaired) electrons. The Hall–Kier alpha value is -0.810. The molecule has 1 aliphatic carbocycles. The van der Waals surface area contributed by atoms with Crippen molar-refractivity contribution in [2.75, 3.05) is 53.0 Å². The van der Waals surface area contributed by atoms with Crippen LogP contribution in [0.25, 0.3) is 0 Å². The third-order valence-corrected chi connectivity index (χ3v) is 6.03. The number of morpholine rings is 1. The minimum Gasteiger partial charge on any atom is -0.379 e. The van der Waals surface area contributed by atoms with Crippen LogP contribution in [-0.4, -0.2) is 74.8 Å². The molecule has 0 bridgehead atoms. The second-order valence-electron chi connectivity index (χ2n) is 7.66. The SMILES string of the molecule is CN=C(NCCCC1CCCCC1)N1CCC(N2CCOCC2)C1. The van der Waals surface area contributed by atoms with Crippen LogP contribution in [-0.2, 0) is 4.74 Å². The Labute approximate surface area is 147 Å². The first kappa shape index (κ1) is 18.0. The summed E-state index contributed by atoms with van der Waals surface area (Å²) < 4.78 is 5.48. The van der Waals surface area contributed by atoms with Crippen molar-refractivity contribution >= 4 is 5.96 Å². The fraction of sp³-hybridized carbons (Fsp3) is 0.947. The quantitative estimate of drug-likeness (QED) is 0.475. The van der Waals surface area contributed by atoms with E-state index in [0.29, 0.717) is 6.04 Å². The van der Waals surface area contributed by atoms with Gasteiger partial charge >= 0.3 is 0 Å². The second kappa shape index (κ2) is 9.62. The minimum absolute atomic E-state index is 0.676. The lowest BCUT2D eigenvalue weighted by Crippen LogP contribution is -2.46. The third-order valence-electron chi connectivity index (χ3n) is 6.03. The Kier molecular flexibility index (Phi) is 7.21. The highest BCUT2D eigenvalue weighted by Crippen LogP contribution is 2.27. The van der Waals surface area contributed by atoms with E-state index in [0.717, 1.165) is 57.8 Å². The van der Waals surface area contributed by atoms with Crippen LogP contribution in [0.4, 0.5) is 0 Å². The molecule has 0 amide bonds. The van der Waals surface area contributed by atoms with Crippen LogP contribution in [0.15, 0.2) is 4.99 Å². The summed E-state index contributed by atoms with van der Waals surface area (Å²) >= 11 is 0. The summed E-state index contributed by atoms with van der Waals surface area (Å²) in [5, 5.41) is 3.61. The second-order valence-corrected chi connectivity index (χ2v) is 7.66. The molecule has 1 N–H and O–H groups in total. The molecule has 0 aromatic carbocycles. The normalized spacial score (nSPS) is 27.6. The van der Waals surface area contributed by atoms with E-state index >= 15 is 0 Å². The summed E-state index contributed by atoms with van der Waals surface area (Å²) in [6.07, 6.45) is 11.2. The van der Waals surface area contributed by atoms with E-state index in [1.807, 2.05) is 7.05 Å². The smallest absolute Gasteiger partial charge is 0.193 e. The van der Waals surface area contributed by atoms with Gasteiger partial charge in [0.25, 0.3) is 0 Å². The largest absolute Gasteiger partial charge is 0.379 e. The maximum Gasteiger partial charge on any atom is 0.193 e. The van der Waals surface area contributed by atoms with E-state index in [1.54, 1.807) is 0 Å². The molecule has 1 unspecified atom stereocenters.